The van der Waals surface area contributed by atoms with Crippen LogP contribution in [-0.4, -0.2) is 10.5 Å². The lowest BCUT2D eigenvalue weighted by molar-refractivity contribution is -0.113. The molecule has 0 bridgehead atoms. The van der Waals surface area contributed by atoms with Crippen LogP contribution in [-0.2, 0) is 4.79 Å². The second-order valence-electron chi connectivity index (χ2n) is 8.16. The molecule has 5 nitrogen and oxygen atoms in total. The molecule has 1 N–H and O–H groups in total. The highest BCUT2D eigenvalue weighted by Crippen LogP contribution is 2.33. The molecule has 0 saturated heterocycles. The summed E-state index contributed by atoms with van der Waals surface area (Å²) in [6.07, 6.45) is 5.65. The Bertz CT molecular complexity index is 1630. The molecule has 0 fully saturated rings. The molecule has 35 heavy (non-hydrogen) atoms. The Morgan fingerprint density at radius 1 is 1.03 bits per heavy atom. The van der Waals surface area contributed by atoms with Crippen LogP contribution in [0.2, 0.25) is 0 Å². The highest BCUT2D eigenvalue weighted by atomic mass is 32.1. The van der Waals surface area contributed by atoms with Crippen LogP contribution in [0.25, 0.3) is 12.2 Å². The number of nitrogens with zero attached hydrogens (tertiary/aromatic N) is 2. The van der Waals surface area contributed by atoms with Gasteiger partial charge in [0.2, 0.25) is 0 Å². The summed E-state index contributed by atoms with van der Waals surface area (Å²) in [5.74, 6) is -0.253. The third kappa shape index (κ3) is 4.60. The van der Waals surface area contributed by atoms with Gasteiger partial charge in [-0.05, 0) is 48.6 Å². The Morgan fingerprint density at radius 3 is 2.54 bits per heavy atom. The van der Waals surface area contributed by atoms with Crippen LogP contribution < -0.4 is 20.2 Å². The van der Waals surface area contributed by atoms with E-state index >= 15 is 0 Å². The Labute approximate surface area is 210 Å². The molecule has 2 aromatic carbocycles. The molecule has 0 radical (unpaired) electrons. The van der Waals surface area contributed by atoms with Crippen molar-refractivity contribution in [3.63, 3.8) is 0 Å². The molecule has 5 rings (SSSR count). The molecule has 174 valence electrons. The fraction of sp³-hybridized carbons (Fsp3) is 0.107. The van der Waals surface area contributed by atoms with Gasteiger partial charge in [-0.2, -0.15) is 0 Å². The summed E-state index contributed by atoms with van der Waals surface area (Å²) in [4.78, 5) is 33.3. The molecular weight excluding hydrogens is 474 g/mol. The molecule has 1 aliphatic heterocycles. The van der Waals surface area contributed by atoms with Gasteiger partial charge in [0, 0.05) is 10.6 Å². The van der Waals surface area contributed by atoms with E-state index in [1.165, 1.54) is 22.7 Å². The minimum Gasteiger partial charge on any atom is -0.322 e. The highest BCUT2D eigenvalue weighted by molar-refractivity contribution is 7.10. The van der Waals surface area contributed by atoms with E-state index in [1.54, 1.807) is 4.57 Å². The number of thiazole rings is 1. The number of hydrogen-bond donors (Lipinski definition) is 1. The number of hydrogen-bond acceptors (Lipinski definition) is 5. The van der Waals surface area contributed by atoms with E-state index in [1.807, 2.05) is 104 Å². The first-order chi connectivity index (χ1) is 17.0. The maximum atomic E-state index is 13.5. The Hall–Kier alpha value is -3.81. The van der Waals surface area contributed by atoms with Crippen LogP contribution in [0.5, 0.6) is 0 Å². The van der Waals surface area contributed by atoms with E-state index in [9.17, 15) is 9.59 Å². The zero-order chi connectivity index (χ0) is 24.4. The molecule has 0 saturated carbocycles. The van der Waals surface area contributed by atoms with E-state index in [0.29, 0.717) is 20.6 Å². The van der Waals surface area contributed by atoms with E-state index in [2.05, 4.69) is 10.3 Å². The summed E-state index contributed by atoms with van der Waals surface area (Å²) in [6.45, 7) is 3.78. The van der Waals surface area contributed by atoms with Crippen molar-refractivity contribution in [1.82, 2.24) is 4.57 Å². The summed E-state index contributed by atoms with van der Waals surface area (Å²) in [6, 6.07) is 20.9. The van der Waals surface area contributed by atoms with Crippen molar-refractivity contribution >= 4 is 46.4 Å². The van der Waals surface area contributed by atoms with Crippen LogP contribution >= 0.6 is 22.7 Å². The fourth-order valence-electron chi connectivity index (χ4n) is 4.06. The fourth-order valence-corrected chi connectivity index (χ4v) is 5.88. The molecule has 1 atom stereocenters. The number of aromatic nitrogens is 1. The number of carbonyl (C=O) groups is 1. The van der Waals surface area contributed by atoms with E-state index in [0.717, 1.165) is 21.7 Å². The standard InChI is InChI=1S/C28H23N3O2S2/c1-18-10-6-7-14-21(18)30-26(32)24-19(2)29-28-31(25(24)22-16-9-17-34-22)27(33)23(35-28)15-8-13-20-11-4-3-5-12-20/h3-17,25H,1-2H3,(H,30,32)/b13-8+,23-15+. The number of fused-ring (bicyclic) bond motifs is 1. The highest BCUT2D eigenvalue weighted by Gasteiger charge is 2.33. The Balaban J connectivity index is 1.58. The topological polar surface area (TPSA) is 63.5 Å². The number of carbonyl (C=O) groups excluding carboxylic acids is 1. The zero-order valence-corrected chi connectivity index (χ0v) is 20.9. The summed E-state index contributed by atoms with van der Waals surface area (Å²) >= 11 is 2.86. The average Bonchev–Trinajstić information content (AvgIpc) is 3.49. The van der Waals surface area contributed by atoms with Crippen LogP contribution in [0.4, 0.5) is 5.69 Å². The lowest BCUT2D eigenvalue weighted by Crippen LogP contribution is -2.40. The van der Waals surface area contributed by atoms with Gasteiger partial charge in [0.25, 0.3) is 11.5 Å². The second-order valence-corrected chi connectivity index (χ2v) is 10.1. The average molecular weight is 498 g/mol. The maximum Gasteiger partial charge on any atom is 0.271 e. The van der Waals surface area contributed by atoms with Gasteiger partial charge in [-0.3, -0.25) is 14.2 Å². The van der Waals surface area contributed by atoms with Crippen LogP contribution in [0, 0.1) is 6.92 Å². The van der Waals surface area contributed by atoms with Gasteiger partial charge in [-0.1, -0.05) is 78.1 Å². The number of aryl methyl sites for hydroxylation is 1. The molecule has 1 unspecified atom stereocenters. The third-order valence-electron chi connectivity index (χ3n) is 5.81. The normalized spacial score (nSPS) is 15.8. The number of benzene rings is 2. The first-order valence-corrected chi connectivity index (χ1v) is 12.9. The Kier molecular flexibility index (Phi) is 6.44. The van der Waals surface area contributed by atoms with Crippen molar-refractivity contribution in [2.75, 3.05) is 5.32 Å². The summed E-state index contributed by atoms with van der Waals surface area (Å²) in [5, 5.41) is 4.99. The SMILES string of the molecule is CC1=C(C(=O)Nc2ccccc2C)C(c2cccs2)n2c(s/c(=C/C=C/c3ccccc3)c2=O)=N1. The van der Waals surface area contributed by atoms with Gasteiger partial charge < -0.3 is 5.32 Å². The molecule has 3 heterocycles. The van der Waals surface area contributed by atoms with Gasteiger partial charge in [-0.25, -0.2) is 4.99 Å². The molecule has 4 aromatic rings. The van der Waals surface area contributed by atoms with Crippen molar-refractivity contribution < 1.29 is 4.79 Å². The minimum atomic E-state index is -0.532. The van der Waals surface area contributed by atoms with Gasteiger partial charge >= 0.3 is 0 Å². The predicted octanol–water partition coefficient (Wildman–Crippen LogP) is 4.91. The zero-order valence-electron chi connectivity index (χ0n) is 19.3. The predicted molar refractivity (Wildman–Crippen MR) is 144 cm³/mol. The third-order valence-corrected chi connectivity index (χ3v) is 7.73. The maximum absolute atomic E-state index is 13.5. The number of nitrogens with one attached hydrogen (secondary N) is 1. The van der Waals surface area contributed by atoms with Crippen molar-refractivity contribution in [3.8, 4) is 0 Å². The Morgan fingerprint density at radius 2 is 1.80 bits per heavy atom. The van der Waals surface area contributed by atoms with Crippen molar-refractivity contribution in [2.24, 2.45) is 4.99 Å². The number of para-hydroxylation sites is 1. The number of allylic oxidation sites excluding steroid dienone is 2. The summed E-state index contributed by atoms with van der Waals surface area (Å²) in [5.41, 5.74) is 3.70. The van der Waals surface area contributed by atoms with Crippen molar-refractivity contribution in [2.45, 2.75) is 19.9 Å². The van der Waals surface area contributed by atoms with Crippen molar-refractivity contribution in [3.05, 3.63) is 125 Å². The van der Waals surface area contributed by atoms with Gasteiger partial charge in [0.05, 0.1) is 15.8 Å². The van der Waals surface area contributed by atoms with Gasteiger partial charge in [0.1, 0.15) is 6.04 Å². The molecule has 0 aliphatic carbocycles. The molecule has 1 amide bonds. The quantitative estimate of drug-likeness (QED) is 0.426. The molecule has 2 aromatic heterocycles. The van der Waals surface area contributed by atoms with Crippen LogP contribution in [0.1, 0.15) is 29.0 Å². The van der Waals surface area contributed by atoms with Crippen molar-refractivity contribution in [1.29, 1.82) is 0 Å². The second kappa shape index (κ2) is 9.82. The van der Waals surface area contributed by atoms with E-state index in [-0.39, 0.29) is 11.5 Å². The molecule has 7 heteroatoms. The molecule has 1 aliphatic rings. The van der Waals surface area contributed by atoms with E-state index < -0.39 is 6.04 Å². The monoisotopic (exact) mass is 497 g/mol. The number of amides is 1. The smallest absolute Gasteiger partial charge is 0.271 e. The summed E-state index contributed by atoms with van der Waals surface area (Å²) < 4.78 is 2.23. The summed E-state index contributed by atoms with van der Waals surface area (Å²) in [7, 11) is 0. The van der Waals surface area contributed by atoms with Crippen LogP contribution in [0.15, 0.2) is 99.2 Å². The molecule has 0 spiro atoms. The minimum absolute atomic E-state index is 0.154. The van der Waals surface area contributed by atoms with Crippen LogP contribution in [0.3, 0.4) is 0 Å². The largest absolute Gasteiger partial charge is 0.322 e. The first kappa shape index (κ1) is 23.0. The van der Waals surface area contributed by atoms with Gasteiger partial charge in [0.15, 0.2) is 4.80 Å². The number of thiophene rings is 1. The number of rotatable bonds is 5. The lowest BCUT2D eigenvalue weighted by atomic mass is 10.0. The van der Waals surface area contributed by atoms with E-state index in [4.69, 9.17) is 0 Å². The number of anilines is 1. The van der Waals surface area contributed by atoms with Gasteiger partial charge in [-0.15, -0.1) is 11.3 Å². The first-order valence-electron chi connectivity index (χ1n) is 11.2. The molecular formula is C28H23N3O2S2. The lowest BCUT2D eigenvalue weighted by Gasteiger charge is -2.24.